The molecular formula is C23H15BrN2O7S2. The van der Waals surface area contributed by atoms with E-state index in [2.05, 4.69) is 15.9 Å². The number of halogens is 1. The molecule has 1 aliphatic rings. The Morgan fingerprint density at radius 3 is 2.34 bits per heavy atom. The van der Waals surface area contributed by atoms with Gasteiger partial charge < -0.3 is 4.18 Å². The molecule has 0 saturated carbocycles. The molecule has 0 radical (unpaired) electrons. The van der Waals surface area contributed by atoms with E-state index in [1.54, 1.807) is 30.3 Å². The lowest BCUT2D eigenvalue weighted by molar-refractivity contribution is -0.384. The molecule has 1 heterocycles. The van der Waals surface area contributed by atoms with Crippen LogP contribution in [0.1, 0.15) is 11.1 Å². The van der Waals surface area contributed by atoms with Gasteiger partial charge in [-0.3, -0.25) is 24.6 Å². The Labute approximate surface area is 212 Å². The van der Waals surface area contributed by atoms with Gasteiger partial charge in [0.1, 0.15) is 10.6 Å². The Morgan fingerprint density at radius 1 is 1.00 bits per heavy atom. The van der Waals surface area contributed by atoms with Crippen LogP contribution in [0.3, 0.4) is 0 Å². The molecule has 1 fully saturated rings. The smallest absolute Gasteiger partial charge is 0.339 e. The number of imide groups is 1. The fourth-order valence-corrected chi connectivity index (χ4v) is 5.34. The maximum absolute atomic E-state index is 12.9. The first-order valence-electron chi connectivity index (χ1n) is 9.92. The second-order valence-electron chi connectivity index (χ2n) is 7.19. The summed E-state index contributed by atoms with van der Waals surface area (Å²) < 4.78 is 31.5. The summed E-state index contributed by atoms with van der Waals surface area (Å²) in [4.78, 5) is 36.6. The highest BCUT2D eigenvalue weighted by Gasteiger charge is 2.35. The minimum absolute atomic E-state index is 0.0662. The second-order valence-corrected chi connectivity index (χ2v) is 10.6. The highest BCUT2D eigenvalue weighted by molar-refractivity contribution is 9.10. The molecule has 12 heteroatoms. The molecule has 1 saturated heterocycles. The first-order chi connectivity index (χ1) is 16.7. The second kappa shape index (κ2) is 10.0. The topological polar surface area (TPSA) is 124 Å². The lowest BCUT2D eigenvalue weighted by Crippen LogP contribution is -2.27. The van der Waals surface area contributed by atoms with Gasteiger partial charge in [0, 0.05) is 22.2 Å². The number of non-ortho nitro benzene ring substituents is 1. The number of rotatable bonds is 7. The molecule has 0 aromatic heterocycles. The molecule has 0 N–H and O–H groups in total. The number of carbonyl (C=O) groups excluding carboxylic acids is 2. The fraction of sp³-hybridized carbons (Fsp3) is 0.0435. The molecular weight excluding hydrogens is 560 g/mol. The number of para-hydroxylation sites is 1. The third-order valence-electron chi connectivity index (χ3n) is 4.90. The summed E-state index contributed by atoms with van der Waals surface area (Å²) in [5.41, 5.74) is 0.765. The summed E-state index contributed by atoms with van der Waals surface area (Å²) >= 11 is 4.15. The molecule has 1 aliphatic heterocycles. The van der Waals surface area contributed by atoms with Crippen molar-refractivity contribution in [2.45, 2.75) is 11.4 Å². The maximum atomic E-state index is 12.9. The van der Waals surface area contributed by atoms with Crippen LogP contribution in [0, 0.1) is 10.1 Å². The molecule has 0 unspecified atom stereocenters. The number of nitro groups is 1. The fourth-order valence-electron chi connectivity index (χ4n) is 3.15. The minimum Gasteiger partial charge on any atom is -0.378 e. The van der Waals surface area contributed by atoms with Crippen molar-refractivity contribution >= 4 is 60.7 Å². The van der Waals surface area contributed by atoms with Gasteiger partial charge in [-0.1, -0.05) is 52.3 Å². The SMILES string of the molecule is O=C1S/C(=C\c2ccccc2OS(=O)(=O)c2ccc([N+](=O)[O-])cc2)C(=O)N1Cc1ccccc1Br. The van der Waals surface area contributed by atoms with Crippen LogP contribution < -0.4 is 4.18 Å². The number of benzene rings is 3. The predicted molar refractivity (Wildman–Crippen MR) is 133 cm³/mol. The van der Waals surface area contributed by atoms with E-state index in [4.69, 9.17) is 4.18 Å². The Hall–Kier alpha value is -3.48. The van der Waals surface area contributed by atoms with Crippen LogP contribution >= 0.6 is 27.7 Å². The highest BCUT2D eigenvalue weighted by Crippen LogP contribution is 2.36. The number of nitro benzene ring substituents is 1. The normalized spacial score (nSPS) is 15.0. The summed E-state index contributed by atoms with van der Waals surface area (Å²) in [6, 6.07) is 17.6. The summed E-state index contributed by atoms with van der Waals surface area (Å²) in [7, 11) is -4.32. The van der Waals surface area contributed by atoms with Gasteiger partial charge in [0.2, 0.25) is 0 Å². The largest absolute Gasteiger partial charge is 0.378 e. The van der Waals surface area contributed by atoms with Gasteiger partial charge in [-0.15, -0.1) is 0 Å². The molecule has 0 bridgehead atoms. The minimum atomic E-state index is -4.32. The monoisotopic (exact) mass is 574 g/mol. The van der Waals surface area contributed by atoms with E-state index in [9.17, 15) is 28.1 Å². The lowest BCUT2D eigenvalue weighted by Gasteiger charge is -2.13. The van der Waals surface area contributed by atoms with Crippen LogP contribution in [-0.4, -0.2) is 29.4 Å². The van der Waals surface area contributed by atoms with Gasteiger partial charge in [-0.05, 0) is 47.7 Å². The van der Waals surface area contributed by atoms with E-state index in [0.717, 1.165) is 51.0 Å². The van der Waals surface area contributed by atoms with Gasteiger partial charge in [0.15, 0.2) is 0 Å². The number of nitrogens with zero attached hydrogens (tertiary/aromatic N) is 2. The molecule has 9 nitrogen and oxygen atoms in total. The average Bonchev–Trinajstić information content (AvgIpc) is 3.09. The Kier molecular flexibility index (Phi) is 7.05. The van der Waals surface area contributed by atoms with Crippen LogP contribution in [0.5, 0.6) is 5.75 Å². The summed E-state index contributed by atoms with van der Waals surface area (Å²) in [5, 5.41) is 10.4. The van der Waals surface area contributed by atoms with E-state index in [1.807, 2.05) is 12.1 Å². The summed E-state index contributed by atoms with van der Waals surface area (Å²) in [6.45, 7) is 0.0795. The maximum Gasteiger partial charge on any atom is 0.339 e. The number of amides is 2. The first-order valence-corrected chi connectivity index (χ1v) is 12.9. The Bertz CT molecular complexity index is 1470. The molecule has 0 aliphatic carbocycles. The zero-order valence-electron chi connectivity index (χ0n) is 17.7. The Morgan fingerprint density at radius 2 is 1.66 bits per heavy atom. The van der Waals surface area contributed by atoms with Crippen LogP contribution in [0.15, 0.2) is 87.1 Å². The number of carbonyl (C=O) groups is 2. The zero-order valence-corrected chi connectivity index (χ0v) is 20.9. The molecule has 178 valence electrons. The zero-order chi connectivity index (χ0) is 25.2. The molecule has 3 aromatic carbocycles. The van der Waals surface area contributed by atoms with Gasteiger partial charge in [0.05, 0.1) is 16.4 Å². The van der Waals surface area contributed by atoms with Crippen molar-refractivity contribution < 1.29 is 27.1 Å². The van der Waals surface area contributed by atoms with Crippen molar-refractivity contribution in [2.75, 3.05) is 0 Å². The van der Waals surface area contributed by atoms with Gasteiger partial charge >= 0.3 is 10.1 Å². The van der Waals surface area contributed by atoms with Gasteiger partial charge in [-0.25, -0.2) is 0 Å². The molecule has 4 rings (SSSR count). The average molecular weight is 575 g/mol. The van der Waals surface area contributed by atoms with Crippen molar-refractivity contribution in [2.24, 2.45) is 0 Å². The van der Waals surface area contributed by atoms with E-state index < -0.39 is 26.2 Å². The summed E-state index contributed by atoms with van der Waals surface area (Å²) in [6.07, 6.45) is 1.39. The van der Waals surface area contributed by atoms with Crippen molar-refractivity contribution in [1.29, 1.82) is 0 Å². The van der Waals surface area contributed by atoms with Gasteiger partial charge in [0.25, 0.3) is 16.8 Å². The molecule has 0 spiro atoms. The van der Waals surface area contributed by atoms with Crippen molar-refractivity contribution in [1.82, 2.24) is 4.90 Å². The van der Waals surface area contributed by atoms with Gasteiger partial charge in [-0.2, -0.15) is 8.42 Å². The Balaban J connectivity index is 1.59. The predicted octanol–water partition coefficient (Wildman–Crippen LogP) is 5.36. The molecule has 3 aromatic rings. The highest BCUT2D eigenvalue weighted by atomic mass is 79.9. The van der Waals surface area contributed by atoms with Crippen molar-refractivity contribution in [3.8, 4) is 5.75 Å². The lowest BCUT2D eigenvalue weighted by atomic mass is 10.2. The molecule has 35 heavy (non-hydrogen) atoms. The van der Waals surface area contributed by atoms with Crippen LogP contribution in [0.25, 0.3) is 6.08 Å². The van der Waals surface area contributed by atoms with E-state index in [1.165, 1.54) is 12.1 Å². The summed E-state index contributed by atoms with van der Waals surface area (Å²) in [5.74, 6) is -0.577. The standard InChI is InChI=1S/C23H15BrN2O7S2/c24-19-7-3-1-6-16(19)14-25-22(27)21(34-23(25)28)13-15-5-2-4-8-20(15)33-35(31,32)18-11-9-17(10-12-18)26(29)30/h1-13H,14H2/b21-13-. The van der Waals surface area contributed by atoms with Crippen molar-refractivity contribution in [3.05, 3.63) is 103 Å². The van der Waals surface area contributed by atoms with E-state index >= 15 is 0 Å². The third-order valence-corrected chi connectivity index (χ3v) is 7.83. The number of thioether (sulfide) groups is 1. The quantitative estimate of drug-likeness (QED) is 0.160. The first kappa shape index (κ1) is 24.6. The van der Waals surface area contributed by atoms with Crippen molar-refractivity contribution in [3.63, 3.8) is 0 Å². The molecule has 2 amide bonds. The van der Waals surface area contributed by atoms with E-state index in [-0.39, 0.29) is 33.3 Å². The van der Waals surface area contributed by atoms with Crippen LogP contribution in [0.4, 0.5) is 10.5 Å². The number of hydrogen-bond donors (Lipinski definition) is 0. The van der Waals surface area contributed by atoms with E-state index in [0.29, 0.717) is 0 Å². The van der Waals surface area contributed by atoms with Crippen LogP contribution in [0.2, 0.25) is 0 Å². The third kappa shape index (κ3) is 5.45. The van der Waals surface area contributed by atoms with Crippen LogP contribution in [-0.2, 0) is 21.5 Å². The number of hydrogen-bond acceptors (Lipinski definition) is 8. The molecule has 0 atom stereocenters.